The molecule has 0 spiro atoms. The summed E-state index contributed by atoms with van der Waals surface area (Å²) >= 11 is 5.73. The summed E-state index contributed by atoms with van der Waals surface area (Å²) in [6.07, 6.45) is -0.126. The van der Waals surface area contributed by atoms with Crippen molar-refractivity contribution in [3.8, 4) is 16.9 Å². The second-order valence-corrected chi connectivity index (χ2v) is 8.14. The number of aliphatic hydroxyl groups is 1. The molecule has 0 saturated carbocycles. The Morgan fingerprint density at radius 1 is 1.09 bits per heavy atom. The quantitative estimate of drug-likeness (QED) is 0.509. The maximum atomic E-state index is 14.0. The molecule has 0 bridgehead atoms. The van der Waals surface area contributed by atoms with Crippen LogP contribution in [-0.4, -0.2) is 27.3 Å². The number of benzene rings is 2. The Hall–Kier alpha value is -2.97. The molecule has 0 saturated heterocycles. The lowest BCUT2D eigenvalue weighted by molar-refractivity contribution is 0.0905. The lowest BCUT2D eigenvalue weighted by atomic mass is 9.90. The van der Waals surface area contributed by atoms with Crippen molar-refractivity contribution < 1.29 is 23.1 Å². The molecule has 0 aliphatic carbocycles. The predicted molar refractivity (Wildman–Crippen MR) is 115 cm³/mol. The van der Waals surface area contributed by atoms with E-state index in [4.69, 9.17) is 11.6 Å². The molecule has 0 aliphatic rings. The topological polar surface area (TPSA) is 72.2 Å². The summed E-state index contributed by atoms with van der Waals surface area (Å²) in [6, 6.07) is 7.42. The van der Waals surface area contributed by atoms with Crippen molar-refractivity contribution in [2.45, 2.75) is 20.3 Å². The van der Waals surface area contributed by atoms with Gasteiger partial charge in [0, 0.05) is 24.7 Å². The molecule has 1 heterocycles. The molecule has 5 nitrogen and oxygen atoms in total. The van der Waals surface area contributed by atoms with E-state index in [2.05, 4.69) is 5.10 Å². The molecule has 3 aromatic rings. The van der Waals surface area contributed by atoms with E-state index in [0.717, 1.165) is 18.2 Å². The number of Topliss-reactive ketones (excluding diaryl/α,β-unsaturated/α-hetero) is 1. The van der Waals surface area contributed by atoms with Crippen molar-refractivity contribution >= 4 is 17.4 Å². The summed E-state index contributed by atoms with van der Waals surface area (Å²) in [6.45, 7) is 3.40. The second-order valence-electron chi connectivity index (χ2n) is 7.73. The minimum atomic E-state index is -0.940. The van der Waals surface area contributed by atoms with E-state index < -0.39 is 34.7 Å². The molecule has 9 heteroatoms. The van der Waals surface area contributed by atoms with E-state index in [1.54, 1.807) is 0 Å². The number of hydrogen-bond acceptors (Lipinski definition) is 4. The van der Waals surface area contributed by atoms with Crippen LogP contribution in [0.2, 0.25) is 5.02 Å². The smallest absolute Gasteiger partial charge is 0.282 e. The van der Waals surface area contributed by atoms with Gasteiger partial charge in [-0.25, -0.2) is 13.2 Å². The third kappa shape index (κ3) is 5.08. The zero-order chi connectivity index (χ0) is 23.6. The van der Waals surface area contributed by atoms with E-state index in [9.17, 15) is 27.9 Å². The molecule has 1 aromatic heterocycles. The Bertz CT molecular complexity index is 1210. The predicted octanol–water partition coefficient (Wildman–Crippen LogP) is 4.81. The normalized spacial score (nSPS) is 12.2. The van der Waals surface area contributed by atoms with Crippen molar-refractivity contribution in [3.63, 3.8) is 0 Å². The molecule has 32 heavy (non-hydrogen) atoms. The van der Waals surface area contributed by atoms with Gasteiger partial charge in [0.2, 0.25) is 0 Å². The molecule has 1 atom stereocenters. The van der Waals surface area contributed by atoms with Crippen molar-refractivity contribution in [3.05, 3.63) is 80.9 Å². The average molecular weight is 465 g/mol. The van der Waals surface area contributed by atoms with Crippen LogP contribution in [0.4, 0.5) is 13.2 Å². The number of carbonyl (C=O) groups excluding carboxylic acids is 1. The number of aliphatic hydroxyl groups excluding tert-OH is 1. The summed E-state index contributed by atoms with van der Waals surface area (Å²) in [4.78, 5) is 26.0. The first kappa shape index (κ1) is 23.7. The van der Waals surface area contributed by atoms with E-state index >= 15 is 0 Å². The standard InChI is InChI=1S/C23H20ClF3N2O3/c1-12(2)14(11-30)6-22(31)18-10-21(13-3-4-19(24)20(27)5-13)28-29(23(18)32)17-8-15(25)7-16(26)9-17/h3-5,7-10,12,14,30H,6,11H2,1-2H3/t14-/m1/s1. The van der Waals surface area contributed by atoms with Crippen LogP contribution in [0.1, 0.15) is 30.6 Å². The van der Waals surface area contributed by atoms with Gasteiger partial charge in [0.15, 0.2) is 5.78 Å². The molecule has 168 valence electrons. The van der Waals surface area contributed by atoms with Crippen LogP contribution >= 0.6 is 11.6 Å². The highest BCUT2D eigenvalue weighted by Gasteiger charge is 2.23. The van der Waals surface area contributed by atoms with Crippen LogP contribution in [0, 0.1) is 29.3 Å². The SMILES string of the molecule is CC(C)[C@@H](CO)CC(=O)c1cc(-c2ccc(Cl)c(F)c2)nn(-c2cc(F)cc(F)c2)c1=O. The van der Waals surface area contributed by atoms with Gasteiger partial charge in [-0.05, 0) is 42.2 Å². The first-order chi connectivity index (χ1) is 15.1. The monoisotopic (exact) mass is 464 g/mol. The highest BCUT2D eigenvalue weighted by Crippen LogP contribution is 2.25. The van der Waals surface area contributed by atoms with Crippen LogP contribution in [0.5, 0.6) is 0 Å². The van der Waals surface area contributed by atoms with Gasteiger partial charge in [0.25, 0.3) is 5.56 Å². The summed E-state index contributed by atoms with van der Waals surface area (Å²) < 4.78 is 42.3. The number of ketones is 1. The fourth-order valence-electron chi connectivity index (χ4n) is 3.19. The Morgan fingerprint density at radius 3 is 2.31 bits per heavy atom. The summed E-state index contributed by atoms with van der Waals surface area (Å²) in [5.41, 5.74) is -1.19. The number of carbonyl (C=O) groups is 1. The first-order valence-electron chi connectivity index (χ1n) is 9.81. The average Bonchev–Trinajstić information content (AvgIpc) is 2.73. The van der Waals surface area contributed by atoms with E-state index in [1.807, 2.05) is 13.8 Å². The van der Waals surface area contributed by atoms with Gasteiger partial charge < -0.3 is 5.11 Å². The zero-order valence-corrected chi connectivity index (χ0v) is 18.0. The van der Waals surface area contributed by atoms with Crippen LogP contribution < -0.4 is 5.56 Å². The summed E-state index contributed by atoms with van der Waals surface area (Å²) in [5, 5.41) is 13.5. The lowest BCUT2D eigenvalue weighted by Gasteiger charge is -2.17. The Kier molecular flexibility index (Phi) is 7.16. The third-order valence-electron chi connectivity index (χ3n) is 5.14. The first-order valence-corrected chi connectivity index (χ1v) is 10.2. The minimum absolute atomic E-state index is 0.0262. The van der Waals surface area contributed by atoms with Gasteiger partial charge in [-0.2, -0.15) is 9.78 Å². The van der Waals surface area contributed by atoms with Gasteiger partial charge in [-0.3, -0.25) is 9.59 Å². The third-order valence-corrected chi connectivity index (χ3v) is 5.45. The highest BCUT2D eigenvalue weighted by atomic mass is 35.5. The summed E-state index contributed by atoms with van der Waals surface area (Å²) in [5.74, 6) is -3.63. The number of aromatic nitrogens is 2. The number of nitrogens with zero attached hydrogens (tertiary/aromatic N) is 2. The number of halogens is 4. The molecular formula is C23H20ClF3N2O3. The molecule has 0 radical (unpaired) electrons. The zero-order valence-electron chi connectivity index (χ0n) is 17.3. The molecule has 0 unspecified atom stereocenters. The van der Waals surface area contributed by atoms with Gasteiger partial charge in [-0.1, -0.05) is 31.5 Å². The molecule has 0 amide bonds. The van der Waals surface area contributed by atoms with Gasteiger partial charge in [0.1, 0.15) is 17.5 Å². The van der Waals surface area contributed by atoms with Gasteiger partial charge in [-0.15, -0.1) is 0 Å². The summed E-state index contributed by atoms with van der Waals surface area (Å²) in [7, 11) is 0. The van der Waals surface area contributed by atoms with Crippen molar-refractivity contribution in [2.75, 3.05) is 6.61 Å². The van der Waals surface area contributed by atoms with E-state index in [1.165, 1.54) is 18.2 Å². The Morgan fingerprint density at radius 2 is 1.75 bits per heavy atom. The van der Waals surface area contributed by atoms with E-state index in [0.29, 0.717) is 10.7 Å². The fraction of sp³-hybridized carbons (Fsp3) is 0.261. The van der Waals surface area contributed by atoms with Crippen LogP contribution in [0.3, 0.4) is 0 Å². The van der Waals surface area contributed by atoms with Crippen LogP contribution in [-0.2, 0) is 0 Å². The highest BCUT2D eigenvalue weighted by molar-refractivity contribution is 6.30. The maximum absolute atomic E-state index is 14.0. The minimum Gasteiger partial charge on any atom is -0.396 e. The van der Waals surface area contributed by atoms with Crippen molar-refractivity contribution in [1.82, 2.24) is 9.78 Å². The molecule has 0 fully saturated rings. The number of hydrogen-bond donors (Lipinski definition) is 1. The lowest BCUT2D eigenvalue weighted by Crippen LogP contribution is -2.29. The second kappa shape index (κ2) is 9.67. The largest absolute Gasteiger partial charge is 0.396 e. The molecule has 1 N–H and O–H groups in total. The van der Waals surface area contributed by atoms with E-state index in [-0.39, 0.29) is 46.5 Å². The van der Waals surface area contributed by atoms with Gasteiger partial charge >= 0.3 is 0 Å². The molecule has 0 aliphatic heterocycles. The number of rotatable bonds is 7. The van der Waals surface area contributed by atoms with Crippen molar-refractivity contribution in [2.24, 2.45) is 11.8 Å². The van der Waals surface area contributed by atoms with Crippen LogP contribution in [0.25, 0.3) is 16.9 Å². The maximum Gasteiger partial charge on any atom is 0.282 e. The molecular weight excluding hydrogens is 445 g/mol. The van der Waals surface area contributed by atoms with Crippen LogP contribution in [0.15, 0.2) is 47.3 Å². The Balaban J connectivity index is 2.22. The fourth-order valence-corrected chi connectivity index (χ4v) is 3.30. The van der Waals surface area contributed by atoms with Gasteiger partial charge in [0.05, 0.1) is 22.0 Å². The molecule has 3 rings (SSSR count). The molecule has 2 aromatic carbocycles. The van der Waals surface area contributed by atoms with Crippen molar-refractivity contribution in [1.29, 1.82) is 0 Å². The Labute approximate surface area is 187 Å².